The number of carbonyl (C=O) groups is 1. The van der Waals surface area contributed by atoms with Gasteiger partial charge in [0, 0.05) is 26.2 Å². The van der Waals surface area contributed by atoms with Crippen LogP contribution in [0.5, 0.6) is 5.75 Å². The molecule has 1 aliphatic rings. The van der Waals surface area contributed by atoms with Gasteiger partial charge in [-0.05, 0) is 50.6 Å². The van der Waals surface area contributed by atoms with Crippen molar-refractivity contribution in [1.82, 2.24) is 14.3 Å². The van der Waals surface area contributed by atoms with Gasteiger partial charge in [-0.15, -0.1) is 11.3 Å². The molecule has 0 radical (unpaired) electrons. The first-order valence-corrected chi connectivity index (χ1v) is 12.9. The molecule has 1 saturated heterocycles. The lowest BCUT2D eigenvalue weighted by atomic mass is 10.2. The molecule has 0 N–H and O–H groups in total. The summed E-state index contributed by atoms with van der Waals surface area (Å²) in [6.07, 6.45) is 0. The highest BCUT2D eigenvalue weighted by Crippen LogP contribution is 2.36. The average molecular weight is 491 g/mol. The van der Waals surface area contributed by atoms with Crippen molar-refractivity contribution >= 4 is 43.4 Å². The molecule has 1 fully saturated rings. The zero-order chi connectivity index (χ0) is 23.8. The minimum absolute atomic E-state index is 0.241. The predicted octanol–water partition coefficient (Wildman–Crippen LogP) is 3.00. The van der Waals surface area contributed by atoms with E-state index in [1.807, 2.05) is 13.8 Å². The summed E-state index contributed by atoms with van der Waals surface area (Å²) in [6, 6.07) is 6.40. The van der Waals surface area contributed by atoms with Gasteiger partial charge in [0.2, 0.25) is 10.0 Å². The average Bonchev–Trinajstić information content (AvgIpc) is 3.15. The molecule has 0 aliphatic carbocycles. The molecule has 176 valence electrons. The number of aryl methyl sites for hydroxylation is 2. The van der Waals surface area contributed by atoms with E-state index in [0.29, 0.717) is 49.2 Å². The van der Waals surface area contributed by atoms with Gasteiger partial charge in [-0.25, -0.2) is 23.2 Å². The minimum atomic E-state index is -3.61. The third-order valence-corrected chi connectivity index (χ3v) is 8.66. The van der Waals surface area contributed by atoms with E-state index < -0.39 is 10.0 Å². The lowest BCUT2D eigenvalue weighted by molar-refractivity contribution is 0.0531. The number of carbonyl (C=O) groups excluding carboxylic acids is 1. The number of aromatic nitrogens is 2. The van der Waals surface area contributed by atoms with E-state index in [9.17, 15) is 13.2 Å². The monoisotopic (exact) mass is 490 g/mol. The third-order valence-electron chi connectivity index (χ3n) is 5.58. The topological polar surface area (TPSA) is 102 Å². The lowest BCUT2D eigenvalue weighted by Gasteiger charge is -2.35. The van der Waals surface area contributed by atoms with Crippen LogP contribution in [-0.2, 0) is 14.8 Å². The Balaban J connectivity index is 1.59. The maximum Gasteiger partial charge on any atom is 0.348 e. The zero-order valence-corrected chi connectivity index (χ0v) is 20.6. The zero-order valence-electron chi connectivity index (χ0n) is 19.0. The van der Waals surface area contributed by atoms with Crippen molar-refractivity contribution in [3.63, 3.8) is 0 Å². The molecule has 0 spiro atoms. The molecule has 0 atom stereocenters. The van der Waals surface area contributed by atoms with Gasteiger partial charge in [-0.1, -0.05) is 0 Å². The van der Waals surface area contributed by atoms with E-state index in [2.05, 4.69) is 14.9 Å². The van der Waals surface area contributed by atoms with Gasteiger partial charge in [-0.3, -0.25) is 0 Å². The van der Waals surface area contributed by atoms with Crippen molar-refractivity contribution < 1.29 is 22.7 Å². The summed E-state index contributed by atoms with van der Waals surface area (Å²) < 4.78 is 38.0. The van der Waals surface area contributed by atoms with Crippen molar-refractivity contribution in [1.29, 1.82) is 0 Å². The normalized spacial score (nSPS) is 15.1. The number of thiophene rings is 1. The number of nitrogens with zero attached hydrogens (tertiary/aromatic N) is 4. The SMILES string of the molecule is CCOC(=O)c1sc2nc(C)nc(N3CCN(S(=O)(=O)c4ccc(OC)cc4)CC3)c2c1C. The van der Waals surface area contributed by atoms with Crippen molar-refractivity contribution in [3.8, 4) is 5.75 Å². The fraction of sp³-hybridized carbons (Fsp3) is 0.409. The van der Waals surface area contributed by atoms with Gasteiger partial charge in [-0.2, -0.15) is 4.31 Å². The maximum atomic E-state index is 13.1. The largest absolute Gasteiger partial charge is 0.497 e. The number of hydrogen-bond donors (Lipinski definition) is 0. The molecule has 3 heterocycles. The van der Waals surface area contributed by atoms with Crippen LogP contribution in [0.1, 0.15) is 28.0 Å². The van der Waals surface area contributed by atoms with Crippen LogP contribution in [-0.4, -0.2) is 68.6 Å². The molecule has 0 bridgehead atoms. The maximum absolute atomic E-state index is 13.1. The Hall–Kier alpha value is -2.76. The number of anilines is 1. The van der Waals surface area contributed by atoms with E-state index in [1.54, 1.807) is 38.3 Å². The highest BCUT2D eigenvalue weighted by Gasteiger charge is 2.31. The lowest BCUT2D eigenvalue weighted by Crippen LogP contribution is -2.49. The van der Waals surface area contributed by atoms with Gasteiger partial charge >= 0.3 is 5.97 Å². The molecular weight excluding hydrogens is 464 g/mol. The summed E-state index contributed by atoms with van der Waals surface area (Å²) in [6.45, 7) is 7.36. The van der Waals surface area contributed by atoms with Crippen molar-refractivity contribution in [2.45, 2.75) is 25.7 Å². The summed E-state index contributed by atoms with van der Waals surface area (Å²) in [5, 5.41) is 0.820. The van der Waals surface area contributed by atoms with Crippen molar-refractivity contribution in [2.75, 3.05) is 44.8 Å². The van der Waals surface area contributed by atoms with Crippen LogP contribution < -0.4 is 9.64 Å². The first-order valence-electron chi connectivity index (χ1n) is 10.6. The minimum Gasteiger partial charge on any atom is -0.497 e. The first-order chi connectivity index (χ1) is 15.8. The summed E-state index contributed by atoms with van der Waals surface area (Å²) in [4.78, 5) is 25.1. The molecule has 33 heavy (non-hydrogen) atoms. The fourth-order valence-electron chi connectivity index (χ4n) is 3.88. The van der Waals surface area contributed by atoms with Crippen LogP contribution in [0, 0.1) is 13.8 Å². The smallest absolute Gasteiger partial charge is 0.348 e. The number of benzene rings is 1. The van der Waals surface area contributed by atoms with Gasteiger partial charge in [0.05, 0.1) is 24.0 Å². The predicted molar refractivity (Wildman–Crippen MR) is 127 cm³/mol. The van der Waals surface area contributed by atoms with Crippen LogP contribution in [0.15, 0.2) is 29.2 Å². The van der Waals surface area contributed by atoms with Crippen molar-refractivity contribution in [2.24, 2.45) is 0 Å². The van der Waals surface area contributed by atoms with Crippen LogP contribution in [0.4, 0.5) is 5.82 Å². The quantitative estimate of drug-likeness (QED) is 0.486. The number of ether oxygens (including phenoxy) is 2. The number of sulfonamides is 1. The Kier molecular flexibility index (Phi) is 6.55. The van der Waals surface area contributed by atoms with Crippen LogP contribution >= 0.6 is 11.3 Å². The van der Waals surface area contributed by atoms with Gasteiger partial charge in [0.15, 0.2) is 0 Å². The highest BCUT2D eigenvalue weighted by molar-refractivity contribution is 7.89. The van der Waals surface area contributed by atoms with E-state index in [-0.39, 0.29) is 10.9 Å². The Bertz CT molecular complexity index is 1280. The molecule has 0 unspecified atom stereocenters. The second kappa shape index (κ2) is 9.24. The van der Waals surface area contributed by atoms with E-state index in [0.717, 1.165) is 21.6 Å². The van der Waals surface area contributed by atoms with E-state index in [1.165, 1.54) is 15.6 Å². The number of esters is 1. The summed E-state index contributed by atoms with van der Waals surface area (Å²) in [5.41, 5.74) is 0.789. The van der Waals surface area contributed by atoms with Crippen LogP contribution in [0.2, 0.25) is 0 Å². The standard InChI is InChI=1S/C22H26N4O5S2/c1-5-31-22(27)19-14(2)18-20(23-15(3)24-21(18)32-19)25-10-12-26(13-11-25)33(28,29)17-8-6-16(30-4)7-9-17/h6-9H,5,10-13H2,1-4H3. The van der Waals surface area contributed by atoms with Crippen LogP contribution in [0.3, 0.4) is 0 Å². The second-order valence-electron chi connectivity index (χ2n) is 7.62. The van der Waals surface area contributed by atoms with Gasteiger partial charge in [0.1, 0.15) is 27.1 Å². The van der Waals surface area contributed by atoms with Gasteiger partial charge in [0.25, 0.3) is 0 Å². The van der Waals surface area contributed by atoms with Crippen molar-refractivity contribution in [3.05, 3.63) is 40.5 Å². The Labute approximate surface area is 197 Å². The first kappa shape index (κ1) is 23.4. The second-order valence-corrected chi connectivity index (χ2v) is 10.6. The molecule has 11 heteroatoms. The molecule has 0 saturated carbocycles. The molecule has 4 rings (SSSR count). The molecular formula is C22H26N4O5S2. The fourth-order valence-corrected chi connectivity index (χ4v) is 6.42. The number of piperazine rings is 1. The molecule has 0 amide bonds. The van der Waals surface area contributed by atoms with Crippen LogP contribution in [0.25, 0.3) is 10.2 Å². The Morgan fingerprint density at radius 3 is 2.36 bits per heavy atom. The molecule has 9 nitrogen and oxygen atoms in total. The molecule has 3 aromatic rings. The summed E-state index contributed by atoms with van der Waals surface area (Å²) in [7, 11) is -2.06. The van der Waals surface area contributed by atoms with Gasteiger partial charge < -0.3 is 14.4 Å². The number of fused-ring (bicyclic) bond motifs is 1. The highest BCUT2D eigenvalue weighted by atomic mass is 32.2. The molecule has 1 aliphatic heterocycles. The molecule has 2 aromatic heterocycles. The number of methoxy groups -OCH3 is 1. The summed E-state index contributed by atoms with van der Waals surface area (Å²) in [5.74, 6) is 1.57. The number of hydrogen-bond acceptors (Lipinski definition) is 9. The Morgan fingerprint density at radius 2 is 1.76 bits per heavy atom. The third kappa shape index (κ3) is 4.40. The Morgan fingerprint density at radius 1 is 1.09 bits per heavy atom. The summed E-state index contributed by atoms with van der Waals surface area (Å²) >= 11 is 1.30. The van der Waals surface area contributed by atoms with E-state index in [4.69, 9.17) is 9.47 Å². The molecule has 1 aromatic carbocycles. The van der Waals surface area contributed by atoms with E-state index >= 15 is 0 Å². The number of rotatable bonds is 6.